The predicted octanol–water partition coefficient (Wildman–Crippen LogP) is 5.87. The number of benzene rings is 3. The monoisotopic (exact) mass is 576 g/mol. The molecule has 3 heterocycles. The summed E-state index contributed by atoms with van der Waals surface area (Å²) in [6.45, 7) is 5.62. The molecule has 1 fully saturated rings. The van der Waals surface area contributed by atoms with Crippen molar-refractivity contribution >= 4 is 11.3 Å². The first-order chi connectivity index (χ1) is 21.2. The van der Waals surface area contributed by atoms with E-state index >= 15 is 0 Å². The highest BCUT2D eigenvalue weighted by Gasteiger charge is 2.58. The molecule has 8 nitrogen and oxygen atoms in total. The van der Waals surface area contributed by atoms with Crippen LogP contribution >= 0.6 is 0 Å². The first-order valence-electron chi connectivity index (χ1n) is 14.5. The van der Waals surface area contributed by atoms with Crippen molar-refractivity contribution in [2.75, 3.05) is 12.3 Å². The van der Waals surface area contributed by atoms with Gasteiger partial charge in [-0.2, -0.15) is 5.10 Å². The Morgan fingerprint density at radius 1 is 0.814 bits per heavy atom. The lowest BCUT2D eigenvalue weighted by molar-refractivity contribution is -0.127. The molecule has 0 spiro atoms. The van der Waals surface area contributed by atoms with E-state index in [0.717, 1.165) is 22.4 Å². The van der Waals surface area contributed by atoms with Crippen LogP contribution in [0.25, 0.3) is 5.52 Å². The first kappa shape index (κ1) is 28.8. The number of nitrogens with zero attached hydrogens (tertiary/aromatic N) is 3. The molecule has 0 saturated carbocycles. The summed E-state index contributed by atoms with van der Waals surface area (Å²) < 4.78 is 28.6. The minimum absolute atomic E-state index is 0.304. The zero-order chi connectivity index (χ0) is 29.5. The minimum Gasteiger partial charge on any atom is -0.382 e. The number of aromatic nitrogens is 3. The third-order valence-corrected chi connectivity index (χ3v) is 7.80. The van der Waals surface area contributed by atoms with Crippen LogP contribution in [-0.4, -0.2) is 39.5 Å². The molecule has 0 radical (unpaired) electrons. The fourth-order valence-electron chi connectivity index (χ4n) is 5.77. The molecule has 2 N–H and O–H groups in total. The maximum Gasteiger partial charge on any atom is 0.151 e. The summed E-state index contributed by atoms with van der Waals surface area (Å²) in [5.41, 5.74) is 9.91. The lowest BCUT2D eigenvalue weighted by Gasteiger charge is -2.34. The number of hydrogen-bond acceptors (Lipinski definition) is 7. The van der Waals surface area contributed by atoms with E-state index in [-0.39, 0.29) is 0 Å². The van der Waals surface area contributed by atoms with E-state index in [0.29, 0.717) is 44.2 Å². The second kappa shape index (κ2) is 13.3. The Balaban J connectivity index is 1.39. The molecule has 4 atom stereocenters. The van der Waals surface area contributed by atoms with Crippen molar-refractivity contribution in [1.82, 2.24) is 14.6 Å². The summed E-state index contributed by atoms with van der Waals surface area (Å²) in [5.74, 6) is 0.384. The number of anilines is 1. The third kappa shape index (κ3) is 6.23. The van der Waals surface area contributed by atoms with Gasteiger partial charge in [-0.05, 0) is 28.8 Å². The van der Waals surface area contributed by atoms with Gasteiger partial charge >= 0.3 is 0 Å². The van der Waals surface area contributed by atoms with Gasteiger partial charge in [0.05, 0.1) is 32.1 Å². The average molecular weight is 577 g/mol. The van der Waals surface area contributed by atoms with Gasteiger partial charge in [0.15, 0.2) is 5.82 Å². The molecule has 0 aliphatic carbocycles. The Labute approximate surface area is 251 Å². The number of rotatable bonds is 13. The van der Waals surface area contributed by atoms with Crippen LogP contribution in [0, 0.1) is 0 Å². The fourth-order valence-corrected chi connectivity index (χ4v) is 5.77. The van der Waals surface area contributed by atoms with Crippen molar-refractivity contribution in [2.24, 2.45) is 0 Å². The number of nitrogens with two attached hydrogens (primary N) is 1. The van der Waals surface area contributed by atoms with Gasteiger partial charge < -0.3 is 24.7 Å². The Morgan fingerprint density at radius 3 is 2.05 bits per heavy atom. The van der Waals surface area contributed by atoms with Crippen LogP contribution < -0.4 is 5.73 Å². The zero-order valence-corrected chi connectivity index (χ0v) is 24.0. The summed E-state index contributed by atoms with van der Waals surface area (Å²) >= 11 is 0. The molecule has 0 unspecified atom stereocenters. The summed E-state index contributed by atoms with van der Waals surface area (Å²) in [6, 6.07) is 34.2. The molecule has 2 aromatic heterocycles. The number of hydrogen-bond donors (Lipinski definition) is 1. The van der Waals surface area contributed by atoms with Crippen LogP contribution in [-0.2, 0) is 44.4 Å². The van der Waals surface area contributed by atoms with E-state index in [4.69, 9.17) is 24.7 Å². The summed E-state index contributed by atoms with van der Waals surface area (Å²) in [5, 5.41) is 4.56. The highest BCUT2D eigenvalue weighted by Crippen LogP contribution is 2.47. The van der Waals surface area contributed by atoms with E-state index in [1.807, 2.05) is 109 Å². The van der Waals surface area contributed by atoms with Crippen molar-refractivity contribution in [3.05, 3.63) is 144 Å². The van der Waals surface area contributed by atoms with Gasteiger partial charge in [0, 0.05) is 6.42 Å². The topological polar surface area (TPSA) is 93.1 Å². The molecule has 0 amide bonds. The molecule has 1 aliphatic rings. The van der Waals surface area contributed by atoms with E-state index in [2.05, 4.69) is 16.7 Å². The molecule has 0 bridgehead atoms. The SMILES string of the molecule is C=CC[C@@]1(c2ccc3c(N)ncnn23)O[C@H](COCc2ccccc2)[C@@H](OCc2ccccc2)[C@H]1OCc1ccccc1. The lowest BCUT2D eigenvalue weighted by Crippen LogP contribution is -2.44. The van der Waals surface area contributed by atoms with E-state index < -0.39 is 23.9 Å². The number of ether oxygens (including phenoxy) is 4. The number of nitrogen functional groups attached to an aromatic ring is 1. The van der Waals surface area contributed by atoms with Crippen LogP contribution in [0.5, 0.6) is 0 Å². The largest absolute Gasteiger partial charge is 0.382 e. The standard InChI is InChI=1S/C35H36N4O4/c1-2-20-35(31-19-18-29-34(36)37-25-38-39(29)31)33(42-23-28-16-10-5-11-17-28)32(41-22-27-14-8-4-9-15-27)30(43-35)24-40-21-26-12-6-3-7-13-26/h2-19,25,30,32-33H,1,20-24H2,(H2,36,37,38)/t30-,32-,33-,35+/m1/s1. The quantitative estimate of drug-likeness (QED) is 0.175. The lowest BCUT2D eigenvalue weighted by atomic mass is 9.87. The maximum absolute atomic E-state index is 7.05. The van der Waals surface area contributed by atoms with Crippen molar-refractivity contribution in [1.29, 1.82) is 0 Å². The van der Waals surface area contributed by atoms with Crippen LogP contribution in [0.2, 0.25) is 0 Å². The van der Waals surface area contributed by atoms with Gasteiger partial charge in [-0.1, -0.05) is 97.1 Å². The van der Waals surface area contributed by atoms with E-state index in [1.54, 1.807) is 4.52 Å². The zero-order valence-electron chi connectivity index (χ0n) is 24.0. The van der Waals surface area contributed by atoms with Crippen LogP contribution in [0.15, 0.2) is 122 Å². The fraction of sp³-hybridized carbons (Fsp3) is 0.257. The van der Waals surface area contributed by atoms with Gasteiger partial charge in [-0.15, -0.1) is 6.58 Å². The molecule has 3 aromatic carbocycles. The van der Waals surface area contributed by atoms with Crippen LogP contribution in [0.3, 0.4) is 0 Å². The van der Waals surface area contributed by atoms with Gasteiger partial charge in [0.25, 0.3) is 0 Å². The summed E-state index contributed by atoms with van der Waals surface area (Å²) in [7, 11) is 0. The second-order valence-corrected chi connectivity index (χ2v) is 10.7. The molecule has 6 rings (SSSR count). The Bertz CT molecular complexity index is 1610. The highest BCUT2D eigenvalue weighted by molar-refractivity contribution is 5.65. The van der Waals surface area contributed by atoms with Crippen molar-refractivity contribution in [2.45, 2.75) is 50.2 Å². The van der Waals surface area contributed by atoms with E-state index in [1.165, 1.54) is 6.33 Å². The number of fused-ring (bicyclic) bond motifs is 1. The summed E-state index contributed by atoms with van der Waals surface area (Å²) in [4.78, 5) is 4.18. The van der Waals surface area contributed by atoms with Gasteiger partial charge in [0.2, 0.25) is 0 Å². The van der Waals surface area contributed by atoms with Crippen molar-refractivity contribution in [3.63, 3.8) is 0 Å². The van der Waals surface area contributed by atoms with Crippen LogP contribution in [0.1, 0.15) is 28.8 Å². The van der Waals surface area contributed by atoms with Crippen molar-refractivity contribution in [3.8, 4) is 0 Å². The summed E-state index contributed by atoms with van der Waals surface area (Å²) in [6.07, 6.45) is 2.30. The Kier molecular flexibility index (Phi) is 8.91. The second-order valence-electron chi connectivity index (χ2n) is 10.7. The Morgan fingerprint density at radius 2 is 1.42 bits per heavy atom. The molecule has 8 heteroatoms. The van der Waals surface area contributed by atoms with Crippen molar-refractivity contribution < 1.29 is 18.9 Å². The molecule has 1 aliphatic heterocycles. The average Bonchev–Trinajstić information content (AvgIpc) is 3.61. The molecule has 220 valence electrons. The van der Waals surface area contributed by atoms with Gasteiger partial charge in [0.1, 0.15) is 35.8 Å². The highest BCUT2D eigenvalue weighted by atomic mass is 16.6. The molecular weight excluding hydrogens is 540 g/mol. The molecule has 1 saturated heterocycles. The van der Waals surface area contributed by atoms with Crippen LogP contribution in [0.4, 0.5) is 5.82 Å². The van der Waals surface area contributed by atoms with Gasteiger partial charge in [-0.3, -0.25) is 0 Å². The third-order valence-electron chi connectivity index (χ3n) is 7.80. The molecule has 43 heavy (non-hydrogen) atoms. The van der Waals surface area contributed by atoms with E-state index in [9.17, 15) is 0 Å². The predicted molar refractivity (Wildman–Crippen MR) is 165 cm³/mol. The first-order valence-corrected chi connectivity index (χ1v) is 14.5. The molecular formula is C35H36N4O4. The Hall–Kier alpha value is -4.34. The minimum atomic E-state index is -0.994. The maximum atomic E-state index is 7.05. The normalized spacial score (nSPS) is 21.7. The van der Waals surface area contributed by atoms with Gasteiger partial charge in [-0.25, -0.2) is 9.50 Å². The smallest absolute Gasteiger partial charge is 0.151 e. The molecule has 5 aromatic rings.